The minimum Gasteiger partial charge on any atom is -0.481 e. The van der Waals surface area contributed by atoms with E-state index in [1.54, 1.807) is 0 Å². The van der Waals surface area contributed by atoms with Crippen molar-refractivity contribution in [2.45, 2.75) is 45.1 Å². The molecular weight excluding hydrogens is 230 g/mol. The smallest absolute Gasteiger partial charge is 0.304 e. The summed E-state index contributed by atoms with van der Waals surface area (Å²) < 4.78 is 25.6. The first-order valence-corrected chi connectivity index (χ1v) is 7.28. The van der Waals surface area contributed by atoms with Gasteiger partial charge in [0.15, 0.2) is 0 Å². The molecule has 0 spiro atoms. The SMILES string of the molecule is C[C@H](NS(=O)(=O)CCC(=O)O)C1CCCC1. The first kappa shape index (κ1) is 13.4. The molecular formula is C10H19NO4S. The van der Waals surface area contributed by atoms with Crippen molar-refractivity contribution >= 4 is 16.0 Å². The van der Waals surface area contributed by atoms with Crippen LogP contribution >= 0.6 is 0 Å². The van der Waals surface area contributed by atoms with Crippen molar-refractivity contribution in [3.63, 3.8) is 0 Å². The van der Waals surface area contributed by atoms with Crippen LogP contribution in [0.5, 0.6) is 0 Å². The third-order valence-corrected chi connectivity index (χ3v) is 4.53. The lowest BCUT2D eigenvalue weighted by Crippen LogP contribution is -2.38. The Kier molecular flexibility index (Phi) is 4.73. The minimum atomic E-state index is -3.44. The van der Waals surface area contributed by atoms with Crippen LogP contribution in [0.15, 0.2) is 0 Å². The summed E-state index contributed by atoms with van der Waals surface area (Å²) in [5, 5.41) is 8.43. The molecule has 0 aromatic carbocycles. The zero-order valence-corrected chi connectivity index (χ0v) is 10.3. The van der Waals surface area contributed by atoms with Gasteiger partial charge in [-0.15, -0.1) is 0 Å². The van der Waals surface area contributed by atoms with Gasteiger partial charge in [-0.3, -0.25) is 4.79 Å². The fraction of sp³-hybridized carbons (Fsp3) is 0.900. The molecule has 0 amide bonds. The van der Waals surface area contributed by atoms with Crippen LogP contribution in [0.2, 0.25) is 0 Å². The molecule has 1 atom stereocenters. The van der Waals surface area contributed by atoms with E-state index in [1.165, 1.54) is 0 Å². The first-order chi connectivity index (χ1) is 7.41. The lowest BCUT2D eigenvalue weighted by atomic mass is 10.0. The highest BCUT2D eigenvalue weighted by atomic mass is 32.2. The maximum absolute atomic E-state index is 11.5. The molecule has 2 N–H and O–H groups in total. The van der Waals surface area contributed by atoms with Crippen molar-refractivity contribution in [3.05, 3.63) is 0 Å². The molecule has 16 heavy (non-hydrogen) atoms. The highest BCUT2D eigenvalue weighted by Crippen LogP contribution is 2.27. The highest BCUT2D eigenvalue weighted by Gasteiger charge is 2.25. The van der Waals surface area contributed by atoms with Crippen LogP contribution in [0.25, 0.3) is 0 Å². The van der Waals surface area contributed by atoms with Crippen molar-refractivity contribution in [2.75, 3.05) is 5.75 Å². The fourth-order valence-corrected chi connectivity index (χ4v) is 3.44. The first-order valence-electron chi connectivity index (χ1n) is 5.62. The molecule has 1 saturated carbocycles. The Morgan fingerprint density at radius 1 is 1.44 bits per heavy atom. The second-order valence-electron chi connectivity index (χ2n) is 4.41. The predicted octanol–water partition coefficient (Wildman–Crippen LogP) is 0.959. The largest absolute Gasteiger partial charge is 0.481 e. The van der Waals surface area contributed by atoms with Gasteiger partial charge in [-0.2, -0.15) is 0 Å². The van der Waals surface area contributed by atoms with Gasteiger partial charge in [-0.1, -0.05) is 12.8 Å². The summed E-state index contributed by atoms with van der Waals surface area (Å²) in [5.74, 6) is -1.02. The van der Waals surface area contributed by atoms with Crippen molar-refractivity contribution in [2.24, 2.45) is 5.92 Å². The average Bonchev–Trinajstić information content (AvgIpc) is 2.67. The normalized spacial score (nSPS) is 19.8. The molecule has 5 nitrogen and oxygen atoms in total. The van der Waals surface area contributed by atoms with E-state index in [0.717, 1.165) is 25.7 Å². The summed E-state index contributed by atoms with van der Waals surface area (Å²) in [6, 6.07) is -0.0821. The molecule has 0 bridgehead atoms. The molecule has 6 heteroatoms. The molecule has 0 unspecified atom stereocenters. The van der Waals surface area contributed by atoms with E-state index in [0.29, 0.717) is 5.92 Å². The molecule has 94 valence electrons. The average molecular weight is 249 g/mol. The Hall–Kier alpha value is -0.620. The van der Waals surface area contributed by atoms with E-state index in [2.05, 4.69) is 4.72 Å². The summed E-state index contributed by atoms with van der Waals surface area (Å²) in [7, 11) is -3.44. The number of hydrogen-bond acceptors (Lipinski definition) is 3. The van der Waals surface area contributed by atoms with Crippen LogP contribution < -0.4 is 4.72 Å². The second-order valence-corrected chi connectivity index (χ2v) is 6.29. The van der Waals surface area contributed by atoms with Gasteiger partial charge in [0.25, 0.3) is 0 Å². The van der Waals surface area contributed by atoms with Crippen LogP contribution in [-0.2, 0) is 14.8 Å². The quantitative estimate of drug-likeness (QED) is 0.734. The van der Waals surface area contributed by atoms with Crippen LogP contribution in [0.3, 0.4) is 0 Å². The van der Waals surface area contributed by atoms with Crippen molar-refractivity contribution in [1.29, 1.82) is 0 Å². The zero-order valence-electron chi connectivity index (χ0n) is 9.48. The summed E-state index contributed by atoms with van der Waals surface area (Å²) in [6.07, 6.45) is 4.09. The number of hydrogen-bond donors (Lipinski definition) is 2. The molecule has 0 aliphatic heterocycles. The van der Waals surface area contributed by atoms with Gasteiger partial charge in [0.1, 0.15) is 0 Å². The number of carbonyl (C=O) groups is 1. The number of sulfonamides is 1. The molecule has 0 saturated heterocycles. The Balaban J connectivity index is 2.41. The van der Waals surface area contributed by atoms with Gasteiger partial charge < -0.3 is 5.11 Å². The highest BCUT2D eigenvalue weighted by molar-refractivity contribution is 7.89. The third-order valence-electron chi connectivity index (χ3n) is 3.06. The van der Waals surface area contributed by atoms with Crippen LogP contribution in [0.1, 0.15) is 39.0 Å². The standard InChI is InChI=1S/C10H19NO4S/c1-8(9-4-2-3-5-9)11-16(14,15)7-6-10(12)13/h8-9,11H,2-7H2,1H3,(H,12,13)/t8-/m0/s1. The van der Waals surface area contributed by atoms with Gasteiger partial charge in [0, 0.05) is 6.04 Å². The van der Waals surface area contributed by atoms with Gasteiger partial charge >= 0.3 is 5.97 Å². The molecule has 0 heterocycles. The summed E-state index contributed by atoms with van der Waals surface area (Å²) in [4.78, 5) is 10.3. The second kappa shape index (κ2) is 5.63. The maximum Gasteiger partial charge on any atom is 0.304 e. The zero-order chi connectivity index (χ0) is 12.2. The fourth-order valence-electron chi connectivity index (χ4n) is 2.12. The van der Waals surface area contributed by atoms with Gasteiger partial charge in [-0.25, -0.2) is 13.1 Å². The van der Waals surface area contributed by atoms with E-state index in [1.807, 2.05) is 6.92 Å². The van der Waals surface area contributed by atoms with E-state index >= 15 is 0 Å². The Morgan fingerprint density at radius 2 is 2.00 bits per heavy atom. The van der Waals surface area contributed by atoms with Gasteiger partial charge in [0.05, 0.1) is 12.2 Å². The Labute approximate surface area is 96.3 Å². The van der Waals surface area contributed by atoms with E-state index in [4.69, 9.17) is 5.11 Å². The van der Waals surface area contributed by atoms with Crippen LogP contribution in [0.4, 0.5) is 0 Å². The molecule has 1 fully saturated rings. The number of nitrogens with one attached hydrogen (secondary N) is 1. The van der Waals surface area contributed by atoms with Gasteiger partial charge in [0.2, 0.25) is 10.0 Å². The number of carboxylic acids is 1. The van der Waals surface area contributed by atoms with E-state index < -0.39 is 16.0 Å². The summed E-state index contributed by atoms with van der Waals surface area (Å²) in [6.45, 7) is 1.86. The van der Waals surface area contributed by atoms with Crippen molar-refractivity contribution in [1.82, 2.24) is 4.72 Å². The monoisotopic (exact) mass is 249 g/mol. The number of carboxylic acid groups (broad SMARTS) is 1. The van der Waals surface area contributed by atoms with E-state index in [9.17, 15) is 13.2 Å². The minimum absolute atomic E-state index is 0.0821. The number of rotatable bonds is 6. The van der Waals surface area contributed by atoms with Crippen LogP contribution in [-0.4, -0.2) is 31.3 Å². The Morgan fingerprint density at radius 3 is 2.50 bits per heavy atom. The maximum atomic E-state index is 11.5. The summed E-state index contributed by atoms with van der Waals surface area (Å²) in [5.41, 5.74) is 0. The van der Waals surface area contributed by atoms with Gasteiger partial charge in [-0.05, 0) is 25.7 Å². The molecule has 0 radical (unpaired) electrons. The molecule has 1 rings (SSSR count). The topological polar surface area (TPSA) is 83.5 Å². The van der Waals surface area contributed by atoms with Crippen molar-refractivity contribution < 1.29 is 18.3 Å². The van der Waals surface area contributed by atoms with Crippen LogP contribution in [0, 0.1) is 5.92 Å². The van der Waals surface area contributed by atoms with E-state index in [-0.39, 0.29) is 18.2 Å². The third kappa shape index (κ3) is 4.49. The summed E-state index contributed by atoms with van der Waals surface area (Å²) >= 11 is 0. The number of aliphatic carboxylic acids is 1. The lowest BCUT2D eigenvalue weighted by molar-refractivity contribution is -0.136. The molecule has 0 aromatic rings. The molecule has 0 aromatic heterocycles. The molecule has 1 aliphatic carbocycles. The van der Waals surface area contributed by atoms with Crippen molar-refractivity contribution in [3.8, 4) is 0 Å². The predicted molar refractivity (Wildman–Crippen MR) is 60.6 cm³/mol. The molecule has 1 aliphatic rings. The Bertz CT molecular complexity index is 333. The lowest BCUT2D eigenvalue weighted by Gasteiger charge is -2.19.